The van der Waals surface area contributed by atoms with E-state index in [-0.39, 0.29) is 11.9 Å². The molecule has 3 rings (SSSR count). The third-order valence-corrected chi connectivity index (χ3v) is 4.34. The number of allylic oxidation sites excluding steroid dienone is 1. The van der Waals surface area contributed by atoms with E-state index in [9.17, 15) is 4.79 Å². The minimum absolute atomic E-state index is 0.111. The molecule has 2 aliphatic rings. The summed E-state index contributed by atoms with van der Waals surface area (Å²) in [5, 5.41) is 0. The van der Waals surface area contributed by atoms with Crippen LogP contribution < -0.4 is 0 Å². The molecule has 0 aromatic carbocycles. The third-order valence-electron chi connectivity index (χ3n) is 4.34. The molecule has 0 spiro atoms. The van der Waals surface area contributed by atoms with Gasteiger partial charge in [-0.1, -0.05) is 6.07 Å². The van der Waals surface area contributed by atoms with E-state index in [2.05, 4.69) is 4.98 Å². The molecule has 1 amide bonds. The number of carbonyl (C=O) groups excluding carboxylic acids is 1. The van der Waals surface area contributed by atoms with Gasteiger partial charge in [-0.05, 0) is 51.7 Å². The molecule has 0 N–H and O–H groups in total. The summed E-state index contributed by atoms with van der Waals surface area (Å²) in [5.41, 5.74) is 2.86. The Bertz CT molecular complexity index is 580. The summed E-state index contributed by atoms with van der Waals surface area (Å²) in [7, 11) is 0. The van der Waals surface area contributed by atoms with Gasteiger partial charge in [0.15, 0.2) is 0 Å². The fraction of sp³-hybridized carbons (Fsp3) is 0.529. The maximum absolute atomic E-state index is 12.8. The van der Waals surface area contributed by atoms with E-state index in [1.54, 1.807) is 0 Å². The van der Waals surface area contributed by atoms with Crippen molar-refractivity contribution in [2.45, 2.75) is 45.6 Å². The van der Waals surface area contributed by atoms with Gasteiger partial charge in [-0.25, -0.2) is 0 Å². The molecule has 0 saturated carbocycles. The first kappa shape index (κ1) is 14.1. The second-order valence-electron chi connectivity index (χ2n) is 5.85. The molecule has 1 fully saturated rings. The van der Waals surface area contributed by atoms with E-state index in [0.717, 1.165) is 61.6 Å². The highest BCUT2D eigenvalue weighted by molar-refractivity contribution is 5.94. The number of hydrogen-bond acceptors (Lipinski definition) is 3. The molecule has 4 nitrogen and oxygen atoms in total. The number of likely N-dealkylation sites (tertiary alicyclic amines) is 1. The molecule has 1 aromatic rings. The van der Waals surface area contributed by atoms with Crippen LogP contribution in [0.25, 0.3) is 0 Å². The minimum atomic E-state index is 0.111. The van der Waals surface area contributed by atoms with Crippen molar-refractivity contribution >= 4 is 5.91 Å². The van der Waals surface area contributed by atoms with Crippen LogP contribution in [0.15, 0.2) is 29.5 Å². The zero-order chi connectivity index (χ0) is 14.8. The predicted molar refractivity (Wildman–Crippen MR) is 80.5 cm³/mol. The predicted octanol–water partition coefficient (Wildman–Crippen LogP) is 3.14. The average Bonchev–Trinajstić information content (AvgIpc) is 2.96. The SMILES string of the molecule is CC1=C(C(=O)N2CCCC2c2cccc(C)n2)CCCO1. The molecule has 0 bridgehead atoms. The van der Waals surface area contributed by atoms with Crippen LogP contribution >= 0.6 is 0 Å². The first-order valence-corrected chi connectivity index (χ1v) is 7.74. The Labute approximate surface area is 125 Å². The third kappa shape index (κ3) is 2.80. The Morgan fingerprint density at radius 3 is 2.95 bits per heavy atom. The van der Waals surface area contributed by atoms with Crippen molar-refractivity contribution in [3.05, 3.63) is 40.9 Å². The van der Waals surface area contributed by atoms with Crippen molar-refractivity contribution in [3.8, 4) is 0 Å². The van der Waals surface area contributed by atoms with E-state index in [0.29, 0.717) is 0 Å². The van der Waals surface area contributed by atoms with Gasteiger partial charge in [0.05, 0.1) is 23.9 Å². The van der Waals surface area contributed by atoms with Crippen molar-refractivity contribution in [1.82, 2.24) is 9.88 Å². The Balaban J connectivity index is 1.85. The van der Waals surface area contributed by atoms with Crippen molar-refractivity contribution in [2.75, 3.05) is 13.2 Å². The summed E-state index contributed by atoms with van der Waals surface area (Å²) in [5.74, 6) is 0.937. The number of ether oxygens (including phenoxy) is 1. The molecule has 21 heavy (non-hydrogen) atoms. The lowest BCUT2D eigenvalue weighted by Gasteiger charge is -2.28. The number of aryl methyl sites for hydroxylation is 1. The highest BCUT2D eigenvalue weighted by Crippen LogP contribution is 2.33. The number of amides is 1. The van der Waals surface area contributed by atoms with Crippen molar-refractivity contribution in [3.63, 3.8) is 0 Å². The van der Waals surface area contributed by atoms with Crippen molar-refractivity contribution < 1.29 is 9.53 Å². The molecule has 1 aromatic heterocycles. The summed E-state index contributed by atoms with van der Waals surface area (Å²) in [6, 6.07) is 6.15. The fourth-order valence-electron chi connectivity index (χ4n) is 3.24. The van der Waals surface area contributed by atoms with Crippen LogP contribution in [0.5, 0.6) is 0 Å². The van der Waals surface area contributed by atoms with Crippen LogP contribution in [0.3, 0.4) is 0 Å². The number of nitrogens with zero attached hydrogens (tertiary/aromatic N) is 2. The average molecular weight is 286 g/mol. The van der Waals surface area contributed by atoms with Gasteiger partial charge in [0.2, 0.25) is 0 Å². The van der Waals surface area contributed by atoms with E-state index in [4.69, 9.17) is 4.74 Å². The van der Waals surface area contributed by atoms with Gasteiger partial charge in [0, 0.05) is 12.2 Å². The number of rotatable bonds is 2. The Hall–Kier alpha value is -1.84. The van der Waals surface area contributed by atoms with Crippen LogP contribution in [0, 0.1) is 6.92 Å². The number of carbonyl (C=O) groups is 1. The zero-order valence-corrected chi connectivity index (χ0v) is 12.8. The molecule has 112 valence electrons. The van der Waals surface area contributed by atoms with Gasteiger partial charge in [0.25, 0.3) is 5.91 Å². The molecular formula is C17H22N2O2. The summed E-state index contributed by atoms with van der Waals surface area (Å²) >= 11 is 0. The number of pyridine rings is 1. The second kappa shape index (κ2) is 5.88. The lowest BCUT2D eigenvalue weighted by molar-refractivity contribution is -0.128. The first-order chi connectivity index (χ1) is 10.2. The summed E-state index contributed by atoms with van der Waals surface area (Å²) in [6.07, 6.45) is 3.79. The van der Waals surface area contributed by atoms with Crippen LogP contribution in [0.2, 0.25) is 0 Å². The Kier molecular flexibility index (Phi) is 3.95. The fourth-order valence-corrected chi connectivity index (χ4v) is 3.24. The summed E-state index contributed by atoms with van der Waals surface area (Å²) in [4.78, 5) is 19.4. The normalized spacial score (nSPS) is 22.4. The minimum Gasteiger partial charge on any atom is -0.498 e. The molecule has 0 aliphatic carbocycles. The number of hydrogen-bond donors (Lipinski definition) is 0. The first-order valence-electron chi connectivity index (χ1n) is 7.74. The maximum atomic E-state index is 12.8. The van der Waals surface area contributed by atoms with Gasteiger partial charge in [-0.15, -0.1) is 0 Å². The van der Waals surface area contributed by atoms with Crippen LogP contribution in [-0.4, -0.2) is 28.9 Å². The number of aromatic nitrogens is 1. The lowest BCUT2D eigenvalue weighted by atomic mass is 10.0. The monoisotopic (exact) mass is 286 g/mol. The molecule has 4 heteroatoms. The molecule has 3 heterocycles. The molecule has 2 aliphatic heterocycles. The van der Waals surface area contributed by atoms with Crippen LogP contribution in [-0.2, 0) is 9.53 Å². The van der Waals surface area contributed by atoms with E-state index in [1.807, 2.05) is 36.9 Å². The molecule has 1 saturated heterocycles. The van der Waals surface area contributed by atoms with E-state index < -0.39 is 0 Å². The second-order valence-corrected chi connectivity index (χ2v) is 5.85. The maximum Gasteiger partial charge on any atom is 0.253 e. The summed E-state index contributed by atoms with van der Waals surface area (Å²) < 4.78 is 5.55. The van der Waals surface area contributed by atoms with Crippen molar-refractivity contribution in [1.29, 1.82) is 0 Å². The van der Waals surface area contributed by atoms with Gasteiger partial charge >= 0.3 is 0 Å². The zero-order valence-electron chi connectivity index (χ0n) is 12.8. The quantitative estimate of drug-likeness (QED) is 0.839. The van der Waals surface area contributed by atoms with Gasteiger partial charge in [0.1, 0.15) is 5.76 Å². The highest BCUT2D eigenvalue weighted by Gasteiger charge is 2.33. The van der Waals surface area contributed by atoms with E-state index in [1.165, 1.54) is 0 Å². The highest BCUT2D eigenvalue weighted by atomic mass is 16.5. The van der Waals surface area contributed by atoms with Crippen LogP contribution in [0.1, 0.15) is 50.0 Å². The largest absolute Gasteiger partial charge is 0.498 e. The van der Waals surface area contributed by atoms with Crippen molar-refractivity contribution in [2.24, 2.45) is 0 Å². The molecule has 0 radical (unpaired) electrons. The van der Waals surface area contributed by atoms with Crippen LogP contribution in [0.4, 0.5) is 0 Å². The molecular weight excluding hydrogens is 264 g/mol. The smallest absolute Gasteiger partial charge is 0.253 e. The molecule has 1 unspecified atom stereocenters. The summed E-state index contributed by atoms with van der Waals surface area (Å²) in [6.45, 7) is 5.44. The molecule has 1 atom stereocenters. The Morgan fingerprint density at radius 2 is 2.19 bits per heavy atom. The van der Waals surface area contributed by atoms with Gasteiger partial charge in [-0.3, -0.25) is 9.78 Å². The standard InChI is InChI=1S/C17H22N2O2/c1-12-6-3-8-15(18-12)16-9-4-10-19(16)17(20)14-7-5-11-21-13(14)2/h3,6,8,16H,4-5,7,9-11H2,1-2H3. The van der Waals surface area contributed by atoms with Gasteiger partial charge < -0.3 is 9.64 Å². The Morgan fingerprint density at radius 1 is 1.33 bits per heavy atom. The van der Waals surface area contributed by atoms with Gasteiger partial charge in [-0.2, -0.15) is 0 Å². The topological polar surface area (TPSA) is 42.4 Å². The van der Waals surface area contributed by atoms with E-state index >= 15 is 0 Å². The lowest BCUT2D eigenvalue weighted by Crippen LogP contribution is -2.33.